The van der Waals surface area contributed by atoms with Gasteiger partial charge in [0.05, 0.1) is 24.3 Å². The van der Waals surface area contributed by atoms with E-state index < -0.39 is 0 Å². The number of benzene rings is 2. The fraction of sp³-hybridized carbons (Fsp3) is 0.250. The maximum absolute atomic E-state index is 13.3. The van der Waals surface area contributed by atoms with Crippen LogP contribution in [0.4, 0.5) is 5.69 Å². The highest BCUT2D eigenvalue weighted by Gasteiger charge is 2.45. The van der Waals surface area contributed by atoms with Crippen LogP contribution >= 0.6 is 0 Å². The Kier molecular flexibility index (Phi) is 4.52. The van der Waals surface area contributed by atoms with Crippen LogP contribution in [0.25, 0.3) is 11.1 Å². The number of rotatable bonds is 3. The van der Waals surface area contributed by atoms with E-state index >= 15 is 0 Å². The molecule has 5 nitrogen and oxygen atoms in total. The van der Waals surface area contributed by atoms with Gasteiger partial charge in [-0.05, 0) is 47.4 Å². The molecule has 0 spiro atoms. The third kappa shape index (κ3) is 3.08. The minimum Gasteiger partial charge on any atom is -0.394 e. The molecule has 2 aliphatic rings. The average molecular weight is 385 g/mol. The Morgan fingerprint density at radius 1 is 1.10 bits per heavy atom. The number of aromatic nitrogens is 1. The van der Waals surface area contributed by atoms with Crippen molar-refractivity contribution < 1.29 is 9.90 Å². The number of carbonyl (C=O) groups is 1. The maximum Gasteiger partial charge on any atom is 0.255 e. The van der Waals surface area contributed by atoms with E-state index in [4.69, 9.17) is 0 Å². The Balaban J connectivity index is 1.58. The highest BCUT2D eigenvalue weighted by molar-refractivity contribution is 5.94. The fourth-order valence-electron chi connectivity index (χ4n) is 4.76. The lowest BCUT2D eigenvalue weighted by Crippen LogP contribution is -2.42. The zero-order valence-electron chi connectivity index (χ0n) is 16.0. The van der Waals surface area contributed by atoms with Crippen LogP contribution in [-0.4, -0.2) is 40.1 Å². The number of carbonyl (C=O) groups excluding carboxylic acids is 1. The lowest BCUT2D eigenvalue weighted by atomic mass is 9.82. The summed E-state index contributed by atoms with van der Waals surface area (Å²) >= 11 is 0. The molecule has 0 saturated carbocycles. The van der Waals surface area contributed by atoms with Crippen molar-refractivity contribution in [2.24, 2.45) is 5.92 Å². The lowest BCUT2D eigenvalue weighted by molar-refractivity contribution is 0.0700. The molecule has 2 aliphatic heterocycles. The molecule has 1 fully saturated rings. The van der Waals surface area contributed by atoms with Gasteiger partial charge in [0.15, 0.2) is 0 Å². The van der Waals surface area contributed by atoms with Gasteiger partial charge in [0, 0.05) is 30.5 Å². The molecule has 0 unspecified atom stereocenters. The molecule has 3 atom stereocenters. The number of pyridine rings is 1. The standard InChI is InChI=1S/C24H23N3O2/c28-15-22-19-10-12-27(24(29)18-7-4-11-25-14-18)23(19)20-13-17(8-9-21(20)26-22)16-5-2-1-3-6-16/h1-9,11,13-14,19,22-23,26,28H,10,12,15H2/t19-,22-,23-/m1/s1. The molecule has 29 heavy (non-hydrogen) atoms. The summed E-state index contributed by atoms with van der Waals surface area (Å²) in [4.78, 5) is 19.3. The third-order valence-corrected chi connectivity index (χ3v) is 6.15. The Bertz CT molecular complexity index is 1020. The van der Waals surface area contributed by atoms with Crippen LogP contribution in [-0.2, 0) is 0 Å². The summed E-state index contributed by atoms with van der Waals surface area (Å²) in [5, 5.41) is 13.5. The van der Waals surface area contributed by atoms with Crippen molar-refractivity contribution in [2.45, 2.75) is 18.5 Å². The summed E-state index contributed by atoms with van der Waals surface area (Å²) < 4.78 is 0. The molecule has 5 heteroatoms. The van der Waals surface area contributed by atoms with E-state index in [9.17, 15) is 9.90 Å². The normalized spacial score (nSPS) is 22.5. The molecule has 3 aromatic rings. The fourth-order valence-corrected chi connectivity index (χ4v) is 4.76. The van der Waals surface area contributed by atoms with Gasteiger partial charge in [0.1, 0.15) is 0 Å². The van der Waals surface area contributed by atoms with Crippen molar-refractivity contribution >= 4 is 11.6 Å². The number of fused-ring (bicyclic) bond motifs is 3. The maximum atomic E-state index is 13.3. The topological polar surface area (TPSA) is 65.5 Å². The van der Waals surface area contributed by atoms with Gasteiger partial charge in [-0.15, -0.1) is 0 Å². The number of anilines is 1. The van der Waals surface area contributed by atoms with Crippen molar-refractivity contribution in [2.75, 3.05) is 18.5 Å². The number of hydrogen-bond donors (Lipinski definition) is 2. The second-order valence-electron chi connectivity index (χ2n) is 7.74. The van der Waals surface area contributed by atoms with Crippen LogP contribution in [0.15, 0.2) is 73.1 Å². The van der Waals surface area contributed by atoms with Crippen molar-refractivity contribution in [3.05, 3.63) is 84.2 Å². The first-order valence-electron chi connectivity index (χ1n) is 10.0. The van der Waals surface area contributed by atoms with Crippen LogP contribution < -0.4 is 5.32 Å². The monoisotopic (exact) mass is 385 g/mol. The number of hydrogen-bond acceptors (Lipinski definition) is 4. The van der Waals surface area contributed by atoms with Gasteiger partial charge in [-0.2, -0.15) is 0 Å². The number of aliphatic hydroxyl groups is 1. The SMILES string of the molecule is O=C(c1cccnc1)N1CC[C@@H]2[C@@H](CO)Nc3ccc(-c4ccccc4)cc3[C@@H]21. The van der Waals surface area contributed by atoms with E-state index in [1.165, 1.54) is 0 Å². The summed E-state index contributed by atoms with van der Waals surface area (Å²) in [6.07, 6.45) is 4.17. The molecule has 2 aromatic carbocycles. The van der Waals surface area contributed by atoms with Crippen LogP contribution in [0.2, 0.25) is 0 Å². The van der Waals surface area contributed by atoms with Gasteiger partial charge >= 0.3 is 0 Å². The summed E-state index contributed by atoms with van der Waals surface area (Å²) in [5.41, 5.74) is 5.01. The molecule has 0 bridgehead atoms. The Morgan fingerprint density at radius 2 is 1.97 bits per heavy atom. The first-order chi connectivity index (χ1) is 14.3. The Morgan fingerprint density at radius 3 is 2.72 bits per heavy atom. The highest BCUT2D eigenvalue weighted by atomic mass is 16.3. The van der Waals surface area contributed by atoms with Crippen LogP contribution in [0.1, 0.15) is 28.4 Å². The van der Waals surface area contributed by atoms with Crippen molar-refractivity contribution in [3.63, 3.8) is 0 Å². The molecular formula is C24H23N3O2. The molecule has 3 heterocycles. The van der Waals surface area contributed by atoms with Gasteiger partial charge in [0.2, 0.25) is 0 Å². The minimum atomic E-state index is -0.0558. The van der Waals surface area contributed by atoms with E-state index in [1.807, 2.05) is 29.2 Å². The number of nitrogens with one attached hydrogen (secondary N) is 1. The highest BCUT2D eigenvalue weighted by Crippen LogP contribution is 2.47. The van der Waals surface area contributed by atoms with E-state index in [0.717, 1.165) is 28.8 Å². The number of amides is 1. The van der Waals surface area contributed by atoms with E-state index in [-0.39, 0.29) is 30.5 Å². The smallest absolute Gasteiger partial charge is 0.255 e. The van der Waals surface area contributed by atoms with E-state index in [0.29, 0.717) is 12.1 Å². The van der Waals surface area contributed by atoms with Crippen LogP contribution in [0, 0.1) is 5.92 Å². The van der Waals surface area contributed by atoms with Gasteiger partial charge in [-0.3, -0.25) is 9.78 Å². The number of nitrogens with zero attached hydrogens (tertiary/aromatic N) is 2. The molecule has 5 rings (SSSR count). The molecule has 1 aromatic heterocycles. The summed E-state index contributed by atoms with van der Waals surface area (Å²) in [6, 6.07) is 20.1. The predicted octanol–water partition coefficient (Wildman–Crippen LogP) is 3.74. The van der Waals surface area contributed by atoms with Gasteiger partial charge < -0.3 is 15.3 Å². The molecular weight excluding hydrogens is 362 g/mol. The Labute approximate surface area is 170 Å². The molecule has 1 saturated heterocycles. The van der Waals surface area contributed by atoms with Crippen molar-refractivity contribution in [3.8, 4) is 11.1 Å². The zero-order chi connectivity index (χ0) is 19.8. The molecule has 0 radical (unpaired) electrons. The van der Waals surface area contributed by atoms with Crippen molar-refractivity contribution in [1.29, 1.82) is 0 Å². The van der Waals surface area contributed by atoms with Gasteiger partial charge in [-0.1, -0.05) is 36.4 Å². The van der Waals surface area contributed by atoms with Crippen LogP contribution in [0.3, 0.4) is 0 Å². The van der Waals surface area contributed by atoms with Gasteiger partial charge in [0.25, 0.3) is 5.91 Å². The van der Waals surface area contributed by atoms with Gasteiger partial charge in [-0.25, -0.2) is 0 Å². The summed E-state index contributed by atoms with van der Waals surface area (Å²) in [6.45, 7) is 0.728. The Hall–Kier alpha value is -3.18. The number of aliphatic hydroxyl groups excluding tert-OH is 1. The predicted molar refractivity (Wildman–Crippen MR) is 112 cm³/mol. The van der Waals surface area contributed by atoms with E-state index in [1.54, 1.807) is 18.5 Å². The quantitative estimate of drug-likeness (QED) is 0.721. The average Bonchev–Trinajstić information content (AvgIpc) is 3.24. The first kappa shape index (κ1) is 17.9. The lowest BCUT2D eigenvalue weighted by Gasteiger charge is -2.39. The zero-order valence-corrected chi connectivity index (χ0v) is 16.0. The minimum absolute atomic E-state index is 0.000235. The molecule has 146 valence electrons. The molecule has 0 aliphatic carbocycles. The first-order valence-corrected chi connectivity index (χ1v) is 10.0. The van der Waals surface area contributed by atoms with Crippen LogP contribution in [0.5, 0.6) is 0 Å². The number of likely N-dealkylation sites (tertiary alicyclic amines) is 1. The van der Waals surface area contributed by atoms with E-state index in [2.05, 4.69) is 40.6 Å². The second-order valence-corrected chi connectivity index (χ2v) is 7.74. The van der Waals surface area contributed by atoms with Crippen molar-refractivity contribution in [1.82, 2.24) is 9.88 Å². The molecule has 2 N–H and O–H groups in total. The molecule has 1 amide bonds. The third-order valence-electron chi connectivity index (χ3n) is 6.15. The summed E-state index contributed by atoms with van der Waals surface area (Å²) in [5.74, 6) is 0.180. The second kappa shape index (κ2) is 7.33. The summed E-state index contributed by atoms with van der Waals surface area (Å²) in [7, 11) is 0. The largest absolute Gasteiger partial charge is 0.394 e.